The van der Waals surface area contributed by atoms with E-state index in [1.807, 2.05) is 18.7 Å². The first kappa shape index (κ1) is 17.6. The van der Waals surface area contributed by atoms with Gasteiger partial charge in [-0.1, -0.05) is 13.8 Å². The summed E-state index contributed by atoms with van der Waals surface area (Å²) in [7, 11) is 1.58. The Bertz CT molecular complexity index is 445. The fourth-order valence-corrected chi connectivity index (χ4v) is 2.41. The normalized spacial score (nSPS) is 12.0. The van der Waals surface area contributed by atoms with Gasteiger partial charge in [-0.25, -0.2) is 0 Å². The molecule has 1 rings (SSSR count). The molecule has 0 saturated heterocycles. The highest BCUT2D eigenvalue weighted by atomic mass is 19.4. The summed E-state index contributed by atoms with van der Waals surface area (Å²) in [5.41, 5.74) is 4.95. The standard InChI is InChI=1S/C15H23F3N2O/c1-4-11(5-2)20(8-9-21-3)12-6-7-14(19)13(10-12)15(16,17)18/h6-7,10-11H,4-5,8-9,19H2,1-3H3. The molecule has 120 valence electrons. The average Bonchev–Trinajstić information content (AvgIpc) is 2.43. The molecule has 0 saturated carbocycles. The van der Waals surface area contributed by atoms with Gasteiger partial charge in [-0.2, -0.15) is 13.2 Å². The lowest BCUT2D eigenvalue weighted by Crippen LogP contribution is -2.37. The molecule has 1 aromatic carbocycles. The van der Waals surface area contributed by atoms with Crippen molar-refractivity contribution in [3.63, 3.8) is 0 Å². The molecule has 0 atom stereocenters. The molecule has 0 radical (unpaired) electrons. The van der Waals surface area contributed by atoms with E-state index in [0.29, 0.717) is 18.8 Å². The van der Waals surface area contributed by atoms with Gasteiger partial charge in [0.15, 0.2) is 0 Å². The van der Waals surface area contributed by atoms with E-state index < -0.39 is 11.7 Å². The fourth-order valence-electron chi connectivity index (χ4n) is 2.41. The summed E-state index contributed by atoms with van der Waals surface area (Å²) in [6.45, 7) is 5.05. The number of methoxy groups -OCH3 is 1. The molecule has 0 heterocycles. The van der Waals surface area contributed by atoms with E-state index in [4.69, 9.17) is 10.5 Å². The van der Waals surface area contributed by atoms with Crippen molar-refractivity contribution < 1.29 is 17.9 Å². The Labute approximate surface area is 123 Å². The molecule has 6 heteroatoms. The van der Waals surface area contributed by atoms with E-state index in [9.17, 15) is 13.2 Å². The molecule has 0 fully saturated rings. The second-order valence-electron chi connectivity index (χ2n) is 4.93. The van der Waals surface area contributed by atoms with Crippen LogP contribution in [-0.2, 0) is 10.9 Å². The Balaban J connectivity index is 3.18. The lowest BCUT2D eigenvalue weighted by Gasteiger charge is -2.33. The minimum absolute atomic E-state index is 0.171. The third kappa shape index (κ3) is 4.52. The molecule has 0 aromatic heterocycles. The van der Waals surface area contributed by atoms with E-state index in [0.717, 1.165) is 18.9 Å². The zero-order valence-electron chi connectivity index (χ0n) is 12.7. The van der Waals surface area contributed by atoms with Crippen LogP contribution in [0.5, 0.6) is 0 Å². The van der Waals surface area contributed by atoms with E-state index >= 15 is 0 Å². The smallest absolute Gasteiger partial charge is 0.398 e. The van der Waals surface area contributed by atoms with Crippen molar-refractivity contribution in [3.05, 3.63) is 23.8 Å². The van der Waals surface area contributed by atoms with Crippen molar-refractivity contribution in [2.75, 3.05) is 30.9 Å². The molecule has 2 N–H and O–H groups in total. The van der Waals surface area contributed by atoms with Crippen LogP contribution in [0, 0.1) is 0 Å². The molecule has 0 aliphatic rings. The Morgan fingerprint density at radius 3 is 2.33 bits per heavy atom. The van der Waals surface area contributed by atoms with Crippen molar-refractivity contribution in [1.82, 2.24) is 0 Å². The van der Waals surface area contributed by atoms with Gasteiger partial charge in [0.1, 0.15) is 0 Å². The first-order valence-corrected chi connectivity index (χ1v) is 7.07. The third-order valence-corrected chi connectivity index (χ3v) is 3.59. The quantitative estimate of drug-likeness (QED) is 0.776. The number of hydrogen-bond acceptors (Lipinski definition) is 3. The van der Waals surface area contributed by atoms with Crippen molar-refractivity contribution in [1.29, 1.82) is 0 Å². The Morgan fingerprint density at radius 2 is 1.86 bits per heavy atom. The first-order chi connectivity index (χ1) is 9.85. The van der Waals surface area contributed by atoms with Crippen LogP contribution in [-0.4, -0.2) is 26.3 Å². The average molecular weight is 304 g/mol. The molecular weight excluding hydrogens is 281 g/mol. The van der Waals surface area contributed by atoms with Gasteiger partial charge < -0.3 is 15.4 Å². The van der Waals surface area contributed by atoms with Crippen molar-refractivity contribution >= 4 is 11.4 Å². The maximum Gasteiger partial charge on any atom is 0.418 e. The van der Waals surface area contributed by atoms with Crippen LogP contribution in [0.15, 0.2) is 18.2 Å². The highest BCUT2D eigenvalue weighted by molar-refractivity contribution is 5.60. The highest BCUT2D eigenvalue weighted by Crippen LogP contribution is 2.36. The summed E-state index contributed by atoms with van der Waals surface area (Å²) in [6, 6.07) is 4.26. The number of halogens is 3. The Morgan fingerprint density at radius 1 is 1.24 bits per heavy atom. The zero-order valence-corrected chi connectivity index (χ0v) is 12.7. The molecule has 0 bridgehead atoms. The summed E-state index contributed by atoms with van der Waals surface area (Å²) >= 11 is 0. The largest absolute Gasteiger partial charge is 0.418 e. The monoisotopic (exact) mass is 304 g/mol. The highest BCUT2D eigenvalue weighted by Gasteiger charge is 2.33. The van der Waals surface area contributed by atoms with Crippen LogP contribution in [0.3, 0.4) is 0 Å². The minimum Gasteiger partial charge on any atom is -0.398 e. The number of anilines is 2. The number of ether oxygens (including phenoxy) is 1. The van der Waals surface area contributed by atoms with Gasteiger partial charge in [0.05, 0.1) is 12.2 Å². The second-order valence-corrected chi connectivity index (χ2v) is 4.93. The van der Waals surface area contributed by atoms with Gasteiger partial charge >= 0.3 is 6.18 Å². The number of rotatable bonds is 7. The molecule has 21 heavy (non-hydrogen) atoms. The van der Waals surface area contributed by atoms with E-state index in [2.05, 4.69) is 0 Å². The Hall–Kier alpha value is -1.43. The summed E-state index contributed by atoms with van der Waals surface area (Å²) in [4.78, 5) is 1.96. The molecule has 3 nitrogen and oxygen atoms in total. The van der Waals surface area contributed by atoms with Gasteiger partial charge in [0, 0.05) is 31.1 Å². The summed E-state index contributed by atoms with van der Waals surface area (Å²) < 4.78 is 44.0. The molecule has 0 aliphatic carbocycles. The SMILES string of the molecule is CCC(CC)N(CCOC)c1ccc(N)c(C(F)(F)F)c1. The number of nitrogens with zero attached hydrogens (tertiary/aromatic N) is 1. The zero-order chi connectivity index (χ0) is 16.0. The summed E-state index contributed by atoms with van der Waals surface area (Å²) in [6.07, 6.45) is -2.74. The number of hydrogen-bond donors (Lipinski definition) is 1. The van der Waals surface area contributed by atoms with Crippen molar-refractivity contribution in [3.8, 4) is 0 Å². The van der Waals surface area contributed by atoms with Gasteiger partial charge in [0.25, 0.3) is 0 Å². The maximum absolute atomic E-state index is 13.0. The van der Waals surface area contributed by atoms with Crippen LogP contribution >= 0.6 is 0 Å². The van der Waals surface area contributed by atoms with Gasteiger partial charge in [-0.05, 0) is 31.0 Å². The molecular formula is C15H23F3N2O. The topological polar surface area (TPSA) is 38.5 Å². The molecule has 0 aliphatic heterocycles. The van der Waals surface area contributed by atoms with E-state index in [-0.39, 0.29) is 11.7 Å². The molecule has 1 aromatic rings. The first-order valence-electron chi connectivity index (χ1n) is 7.07. The number of nitrogen functional groups attached to an aromatic ring is 1. The second kappa shape index (κ2) is 7.54. The number of nitrogens with two attached hydrogens (primary N) is 1. The van der Waals surface area contributed by atoms with Crippen LogP contribution in [0.25, 0.3) is 0 Å². The predicted octanol–water partition coefficient (Wildman–Crippen LogP) is 3.93. The van der Waals surface area contributed by atoms with Crippen LogP contribution in [0.1, 0.15) is 32.3 Å². The molecule has 0 unspecified atom stereocenters. The van der Waals surface area contributed by atoms with Crippen LogP contribution in [0.2, 0.25) is 0 Å². The summed E-state index contributed by atoms with van der Waals surface area (Å²) in [5.74, 6) is 0. The van der Waals surface area contributed by atoms with Crippen molar-refractivity contribution in [2.24, 2.45) is 0 Å². The third-order valence-electron chi connectivity index (χ3n) is 3.59. The van der Waals surface area contributed by atoms with E-state index in [1.54, 1.807) is 13.2 Å². The van der Waals surface area contributed by atoms with Gasteiger partial charge in [0.2, 0.25) is 0 Å². The fraction of sp³-hybridized carbons (Fsp3) is 0.600. The summed E-state index contributed by atoms with van der Waals surface area (Å²) in [5, 5.41) is 0. The lowest BCUT2D eigenvalue weighted by atomic mass is 10.1. The van der Waals surface area contributed by atoms with Crippen molar-refractivity contribution in [2.45, 2.75) is 38.9 Å². The van der Waals surface area contributed by atoms with Gasteiger partial charge in [-0.3, -0.25) is 0 Å². The number of benzene rings is 1. The lowest BCUT2D eigenvalue weighted by molar-refractivity contribution is -0.136. The van der Waals surface area contributed by atoms with Gasteiger partial charge in [-0.15, -0.1) is 0 Å². The molecule has 0 spiro atoms. The Kier molecular flexibility index (Phi) is 6.33. The van der Waals surface area contributed by atoms with Crippen LogP contribution in [0.4, 0.5) is 24.5 Å². The van der Waals surface area contributed by atoms with E-state index in [1.165, 1.54) is 6.07 Å². The molecule has 0 amide bonds. The van der Waals surface area contributed by atoms with Crippen LogP contribution < -0.4 is 10.6 Å². The maximum atomic E-state index is 13.0. The minimum atomic E-state index is -4.44. The number of alkyl halides is 3. The predicted molar refractivity (Wildman–Crippen MR) is 79.4 cm³/mol.